The van der Waals surface area contributed by atoms with E-state index in [4.69, 9.17) is 5.11 Å². The number of hydrogen-bond donors (Lipinski definition) is 1. The molecule has 2 fully saturated rings. The van der Waals surface area contributed by atoms with Crippen molar-refractivity contribution in [3.05, 3.63) is 0 Å². The summed E-state index contributed by atoms with van der Waals surface area (Å²) in [4.78, 5) is 13.1. The van der Waals surface area contributed by atoms with Crippen LogP contribution in [0.4, 0.5) is 13.2 Å². The highest BCUT2D eigenvalue weighted by Gasteiger charge is 2.43. The highest BCUT2D eigenvalue weighted by Crippen LogP contribution is 2.40. The molecule has 0 spiro atoms. The van der Waals surface area contributed by atoms with Crippen molar-refractivity contribution in [1.29, 1.82) is 0 Å². The molecule has 20 heavy (non-hydrogen) atoms. The first-order valence-electron chi connectivity index (χ1n) is 7.42. The van der Waals surface area contributed by atoms with Gasteiger partial charge in [0.05, 0.1) is 12.3 Å². The molecule has 2 rings (SSSR count). The van der Waals surface area contributed by atoms with E-state index in [1.165, 1.54) is 0 Å². The summed E-state index contributed by atoms with van der Waals surface area (Å²) >= 11 is 0. The van der Waals surface area contributed by atoms with E-state index >= 15 is 0 Å². The number of aliphatic carboxylic acids is 1. The molecule has 1 heterocycles. The summed E-state index contributed by atoms with van der Waals surface area (Å²) in [6.45, 7) is 0.833. The number of carboxylic acid groups (broad SMARTS) is 1. The van der Waals surface area contributed by atoms with E-state index in [-0.39, 0.29) is 31.3 Å². The fourth-order valence-corrected chi connectivity index (χ4v) is 3.66. The third kappa shape index (κ3) is 3.87. The molecule has 3 nitrogen and oxygen atoms in total. The molecule has 0 aromatic heterocycles. The first-order valence-corrected chi connectivity index (χ1v) is 7.42. The standard InChI is InChI=1S/C14H22F3NO2/c15-14(16,17)10-4-6-11(7-5-10)18-8-2-1-3-12(18)9-13(19)20/h10-12H,1-9H2,(H,19,20). The fraction of sp³-hybridized carbons (Fsp3) is 0.929. The van der Waals surface area contributed by atoms with Crippen molar-refractivity contribution in [2.75, 3.05) is 6.54 Å². The van der Waals surface area contributed by atoms with Gasteiger partial charge in [-0.25, -0.2) is 0 Å². The van der Waals surface area contributed by atoms with Gasteiger partial charge < -0.3 is 5.11 Å². The second-order valence-electron chi connectivity index (χ2n) is 6.03. The maximum Gasteiger partial charge on any atom is 0.391 e. The Hall–Kier alpha value is -0.780. The van der Waals surface area contributed by atoms with E-state index in [2.05, 4.69) is 4.90 Å². The van der Waals surface area contributed by atoms with Crippen LogP contribution in [-0.4, -0.2) is 40.8 Å². The van der Waals surface area contributed by atoms with Crippen LogP contribution in [0.25, 0.3) is 0 Å². The minimum atomic E-state index is -4.08. The number of piperidine rings is 1. The average molecular weight is 293 g/mol. The lowest BCUT2D eigenvalue weighted by Gasteiger charge is -2.43. The molecule has 1 saturated heterocycles. The van der Waals surface area contributed by atoms with Gasteiger partial charge in [-0.3, -0.25) is 9.69 Å². The number of rotatable bonds is 3. The fourth-order valence-electron chi connectivity index (χ4n) is 3.66. The van der Waals surface area contributed by atoms with Gasteiger partial charge in [0.2, 0.25) is 0 Å². The maximum absolute atomic E-state index is 12.7. The minimum Gasteiger partial charge on any atom is -0.481 e. The monoisotopic (exact) mass is 293 g/mol. The van der Waals surface area contributed by atoms with Crippen molar-refractivity contribution in [2.45, 2.75) is 69.6 Å². The Morgan fingerprint density at radius 2 is 1.75 bits per heavy atom. The van der Waals surface area contributed by atoms with Gasteiger partial charge in [-0.15, -0.1) is 0 Å². The Labute approximate surface area is 117 Å². The summed E-state index contributed by atoms with van der Waals surface area (Å²) in [5.74, 6) is -1.98. The molecule has 0 amide bonds. The van der Waals surface area contributed by atoms with Gasteiger partial charge in [0, 0.05) is 12.1 Å². The van der Waals surface area contributed by atoms with E-state index in [1.807, 2.05) is 0 Å². The summed E-state index contributed by atoms with van der Waals surface area (Å²) in [6.07, 6.45) is 0.384. The molecular formula is C14H22F3NO2. The molecule has 1 N–H and O–H groups in total. The van der Waals surface area contributed by atoms with E-state index in [1.54, 1.807) is 0 Å². The first kappa shape index (κ1) is 15.6. The zero-order valence-electron chi connectivity index (χ0n) is 11.5. The van der Waals surface area contributed by atoms with E-state index < -0.39 is 18.1 Å². The minimum absolute atomic E-state index is 0.00804. The van der Waals surface area contributed by atoms with Gasteiger partial charge in [-0.1, -0.05) is 6.42 Å². The number of nitrogens with zero attached hydrogens (tertiary/aromatic N) is 1. The molecule has 0 aromatic rings. The van der Waals surface area contributed by atoms with Crippen molar-refractivity contribution < 1.29 is 23.1 Å². The Morgan fingerprint density at radius 3 is 2.30 bits per heavy atom. The van der Waals surface area contributed by atoms with Crippen LogP contribution in [0.5, 0.6) is 0 Å². The molecule has 1 unspecified atom stereocenters. The second-order valence-corrected chi connectivity index (χ2v) is 6.03. The predicted octanol–water partition coefficient (Wildman–Crippen LogP) is 3.44. The molecule has 0 aromatic carbocycles. The zero-order valence-corrected chi connectivity index (χ0v) is 11.5. The largest absolute Gasteiger partial charge is 0.481 e. The van der Waals surface area contributed by atoms with E-state index in [0.29, 0.717) is 12.8 Å². The molecule has 1 aliphatic heterocycles. The predicted molar refractivity (Wildman–Crippen MR) is 68.4 cm³/mol. The van der Waals surface area contributed by atoms with Crippen molar-refractivity contribution in [3.8, 4) is 0 Å². The lowest BCUT2D eigenvalue weighted by atomic mass is 9.83. The van der Waals surface area contributed by atoms with Crippen LogP contribution < -0.4 is 0 Å². The molecule has 1 aliphatic carbocycles. The molecule has 0 bridgehead atoms. The molecule has 2 aliphatic rings. The third-order valence-corrected chi connectivity index (χ3v) is 4.71. The Morgan fingerprint density at radius 1 is 1.10 bits per heavy atom. The third-order valence-electron chi connectivity index (χ3n) is 4.71. The molecule has 1 saturated carbocycles. The number of alkyl halides is 3. The van der Waals surface area contributed by atoms with E-state index in [9.17, 15) is 18.0 Å². The van der Waals surface area contributed by atoms with Gasteiger partial charge in [0.25, 0.3) is 0 Å². The SMILES string of the molecule is O=C(O)CC1CCCCN1C1CCC(C(F)(F)F)CC1. The lowest BCUT2D eigenvalue weighted by Crippen LogP contribution is -2.49. The summed E-state index contributed by atoms with van der Waals surface area (Å²) in [5, 5.41) is 8.96. The van der Waals surface area contributed by atoms with Crippen LogP contribution in [0.3, 0.4) is 0 Å². The molecule has 1 atom stereocenters. The summed E-state index contributed by atoms with van der Waals surface area (Å²) in [7, 11) is 0. The van der Waals surface area contributed by atoms with Crippen LogP contribution in [0.15, 0.2) is 0 Å². The number of carbonyl (C=O) groups is 1. The Balaban J connectivity index is 1.92. The Bertz CT molecular complexity index is 338. The molecule has 6 heteroatoms. The number of halogens is 3. The van der Waals surface area contributed by atoms with Gasteiger partial charge in [0.1, 0.15) is 0 Å². The van der Waals surface area contributed by atoms with Gasteiger partial charge in [-0.2, -0.15) is 13.2 Å². The van der Waals surface area contributed by atoms with E-state index in [0.717, 1.165) is 25.8 Å². The maximum atomic E-state index is 12.7. The molecule has 0 radical (unpaired) electrons. The topological polar surface area (TPSA) is 40.5 Å². The molecule has 116 valence electrons. The van der Waals surface area contributed by atoms with Crippen molar-refractivity contribution in [3.63, 3.8) is 0 Å². The lowest BCUT2D eigenvalue weighted by molar-refractivity contribution is -0.185. The summed E-state index contributed by atoms with van der Waals surface area (Å²) in [5.41, 5.74) is 0. The number of likely N-dealkylation sites (tertiary alicyclic amines) is 1. The zero-order chi connectivity index (χ0) is 14.8. The first-order chi connectivity index (χ1) is 9.38. The molecular weight excluding hydrogens is 271 g/mol. The van der Waals surface area contributed by atoms with Gasteiger partial charge >= 0.3 is 12.1 Å². The second kappa shape index (κ2) is 6.33. The van der Waals surface area contributed by atoms with Gasteiger partial charge in [-0.05, 0) is 45.1 Å². The highest BCUT2D eigenvalue weighted by atomic mass is 19.4. The summed E-state index contributed by atoms with van der Waals surface area (Å²) < 4.78 is 38.0. The summed E-state index contributed by atoms with van der Waals surface area (Å²) in [6, 6.07) is 0.145. The number of carboxylic acids is 1. The van der Waals surface area contributed by atoms with Crippen molar-refractivity contribution in [1.82, 2.24) is 4.90 Å². The average Bonchev–Trinajstić information content (AvgIpc) is 2.38. The smallest absolute Gasteiger partial charge is 0.391 e. The van der Waals surface area contributed by atoms with Crippen molar-refractivity contribution in [2.24, 2.45) is 5.92 Å². The highest BCUT2D eigenvalue weighted by molar-refractivity contribution is 5.67. The van der Waals surface area contributed by atoms with Crippen LogP contribution in [0.1, 0.15) is 51.4 Å². The van der Waals surface area contributed by atoms with Crippen LogP contribution in [0, 0.1) is 5.92 Å². The van der Waals surface area contributed by atoms with Crippen LogP contribution >= 0.6 is 0 Å². The number of hydrogen-bond acceptors (Lipinski definition) is 2. The van der Waals surface area contributed by atoms with Crippen molar-refractivity contribution >= 4 is 5.97 Å². The quantitative estimate of drug-likeness (QED) is 0.866. The van der Waals surface area contributed by atoms with Crippen LogP contribution in [-0.2, 0) is 4.79 Å². The Kier molecular flexibility index (Phi) is 4.94. The van der Waals surface area contributed by atoms with Crippen LogP contribution in [0.2, 0.25) is 0 Å². The normalized spacial score (nSPS) is 33.0. The van der Waals surface area contributed by atoms with Gasteiger partial charge in [0.15, 0.2) is 0 Å².